The van der Waals surface area contributed by atoms with Crippen molar-refractivity contribution >= 4 is 27.5 Å². The number of halogens is 1. The zero-order valence-corrected chi connectivity index (χ0v) is 11.0. The Hall–Kier alpha value is -1.38. The molecule has 1 atom stereocenters. The van der Waals surface area contributed by atoms with Crippen molar-refractivity contribution in [1.29, 1.82) is 5.26 Å². The van der Waals surface area contributed by atoms with Crippen molar-refractivity contribution in [1.82, 2.24) is 0 Å². The van der Waals surface area contributed by atoms with Crippen LogP contribution in [-0.4, -0.2) is 17.1 Å². The van der Waals surface area contributed by atoms with Gasteiger partial charge in [0.25, 0.3) is 0 Å². The predicted molar refractivity (Wildman–Crippen MR) is 68.4 cm³/mol. The molecule has 1 aromatic rings. The summed E-state index contributed by atoms with van der Waals surface area (Å²) >= 11 is 3.28. The highest BCUT2D eigenvalue weighted by atomic mass is 79.9. The van der Waals surface area contributed by atoms with Gasteiger partial charge in [-0.15, -0.1) is 0 Å². The summed E-state index contributed by atoms with van der Waals surface area (Å²) in [5, 5.41) is 20.5. The monoisotopic (exact) mass is 296 g/mol. The minimum atomic E-state index is -0.481. The molecule has 1 rings (SSSR count). The third kappa shape index (κ3) is 4.55. The van der Waals surface area contributed by atoms with Gasteiger partial charge in [-0.05, 0) is 47.5 Å². The highest BCUT2D eigenvalue weighted by molar-refractivity contribution is 9.10. The van der Waals surface area contributed by atoms with Crippen molar-refractivity contribution in [2.24, 2.45) is 0 Å². The number of hydrogen-bond donors (Lipinski definition) is 2. The van der Waals surface area contributed by atoms with Crippen LogP contribution in [0.25, 0.3) is 0 Å². The second-order valence-electron chi connectivity index (χ2n) is 3.74. The summed E-state index contributed by atoms with van der Waals surface area (Å²) in [6.45, 7) is 1.64. The maximum absolute atomic E-state index is 11.5. The van der Waals surface area contributed by atoms with Crippen LogP contribution in [0.2, 0.25) is 0 Å². The first-order valence-corrected chi connectivity index (χ1v) is 6.00. The number of carbonyl (C=O) groups excluding carboxylic acids is 1. The molecule has 1 unspecified atom stereocenters. The first kappa shape index (κ1) is 13.7. The largest absolute Gasteiger partial charge is 0.393 e. The lowest BCUT2D eigenvalue weighted by Crippen LogP contribution is -2.14. The molecule has 0 saturated heterocycles. The molecule has 0 fully saturated rings. The Morgan fingerprint density at radius 3 is 2.88 bits per heavy atom. The van der Waals surface area contributed by atoms with Crippen LogP contribution in [0.4, 0.5) is 5.69 Å². The lowest BCUT2D eigenvalue weighted by atomic mass is 10.2. The fourth-order valence-electron chi connectivity index (χ4n) is 1.24. The van der Waals surface area contributed by atoms with Gasteiger partial charge in [0.05, 0.1) is 23.4 Å². The number of nitrogens with zero attached hydrogens (tertiary/aromatic N) is 1. The lowest BCUT2D eigenvalue weighted by molar-refractivity contribution is -0.116. The molecule has 0 aromatic heterocycles. The van der Waals surface area contributed by atoms with Crippen LogP contribution < -0.4 is 5.32 Å². The second kappa shape index (κ2) is 6.38. The molecule has 5 heteroatoms. The number of nitrogens with one attached hydrogen (secondary N) is 1. The van der Waals surface area contributed by atoms with Crippen LogP contribution in [-0.2, 0) is 4.79 Å². The minimum Gasteiger partial charge on any atom is -0.393 e. The smallest absolute Gasteiger partial charge is 0.224 e. The summed E-state index contributed by atoms with van der Waals surface area (Å²) in [4.78, 5) is 11.5. The molecule has 0 radical (unpaired) electrons. The van der Waals surface area contributed by atoms with E-state index in [0.717, 1.165) is 0 Å². The van der Waals surface area contributed by atoms with Gasteiger partial charge in [-0.1, -0.05) is 0 Å². The summed E-state index contributed by atoms with van der Waals surface area (Å²) in [6, 6.07) is 6.96. The van der Waals surface area contributed by atoms with Gasteiger partial charge in [0.2, 0.25) is 5.91 Å². The normalized spacial score (nSPS) is 11.6. The molecule has 0 saturated carbocycles. The number of carbonyl (C=O) groups is 1. The van der Waals surface area contributed by atoms with Gasteiger partial charge < -0.3 is 10.4 Å². The Kier molecular flexibility index (Phi) is 5.13. The van der Waals surface area contributed by atoms with E-state index in [1.165, 1.54) is 0 Å². The van der Waals surface area contributed by atoms with E-state index in [2.05, 4.69) is 21.2 Å². The zero-order chi connectivity index (χ0) is 12.8. The van der Waals surface area contributed by atoms with Gasteiger partial charge in [-0.2, -0.15) is 5.26 Å². The Morgan fingerprint density at radius 2 is 2.35 bits per heavy atom. The van der Waals surface area contributed by atoms with E-state index in [0.29, 0.717) is 22.1 Å². The van der Waals surface area contributed by atoms with Crippen molar-refractivity contribution in [2.75, 3.05) is 5.32 Å². The van der Waals surface area contributed by atoms with Crippen molar-refractivity contribution in [3.8, 4) is 6.07 Å². The second-order valence-corrected chi connectivity index (χ2v) is 4.60. The van der Waals surface area contributed by atoms with Gasteiger partial charge in [-0.25, -0.2) is 0 Å². The molecule has 0 heterocycles. The first-order valence-electron chi connectivity index (χ1n) is 5.20. The quantitative estimate of drug-likeness (QED) is 0.896. The highest BCUT2D eigenvalue weighted by Crippen LogP contribution is 2.23. The first-order chi connectivity index (χ1) is 8.02. The number of nitriles is 1. The number of rotatable bonds is 4. The molecule has 4 nitrogen and oxygen atoms in total. The van der Waals surface area contributed by atoms with Crippen molar-refractivity contribution in [3.63, 3.8) is 0 Å². The fourth-order valence-corrected chi connectivity index (χ4v) is 1.72. The Morgan fingerprint density at radius 1 is 1.65 bits per heavy atom. The number of amides is 1. The van der Waals surface area contributed by atoms with E-state index >= 15 is 0 Å². The highest BCUT2D eigenvalue weighted by Gasteiger charge is 2.07. The van der Waals surface area contributed by atoms with Crippen molar-refractivity contribution in [2.45, 2.75) is 25.9 Å². The molecule has 0 bridgehead atoms. The molecule has 0 spiro atoms. The van der Waals surface area contributed by atoms with Gasteiger partial charge in [-0.3, -0.25) is 4.79 Å². The van der Waals surface area contributed by atoms with E-state index in [1.807, 2.05) is 6.07 Å². The standard InChI is InChI=1S/C12H13BrN2O2/c1-8(16)2-5-12(17)15-11-4-3-9(7-14)6-10(11)13/h3-4,6,8,16H,2,5H2,1H3,(H,15,17). The summed E-state index contributed by atoms with van der Waals surface area (Å²) in [5.41, 5.74) is 1.15. The van der Waals surface area contributed by atoms with Gasteiger partial charge in [0.15, 0.2) is 0 Å². The van der Waals surface area contributed by atoms with Crippen LogP contribution in [0.1, 0.15) is 25.3 Å². The van der Waals surface area contributed by atoms with Gasteiger partial charge in [0, 0.05) is 10.9 Å². The number of benzene rings is 1. The average molecular weight is 297 g/mol. The average Bonchev–Trinajstić information content (AvgIpc) is 2.29. The SMILES string of the molecule is CC(O)CCC(=O)Nc1ccc(C#N)cc1Br. The number of hydrogen-bond acceptors (Lipinski definition) is 3. The van der Waals surface area contributed by atoms with Crippen LogP contribution in [0.5, 0.6) is 0 Å². The Bertz CT molecular complexity index is 452. The summed E-state index contributed by atoms with van der Waals surface area (Å²) in [7, 11) is 0. The van der Waals surface area contributed by atoms with Crippen molar-refractivity contribution in [3.05, 3.63) is 28.2 Å². The molecule has 1 amide bonds. The van der Waals surface area contributed by atoms with Crippen LogP contribution in [0.15, 0.2) is 22.7 Å². The predicted octanol–water partition coefficient (Wildman–Crippen LogP) is 2.42. The molecule has 1 aromatic carbocycles. The molecular weight excluding hydrogens is 284 g/mol. The Labute approximate surface area is 108 Å². The topological polar surface area (TPSA) is 73.1 Å². The van der Waals surface area contributed by atoms with Gasteiger partial charge >= 0.3 is 0 Å². The van der Waals surface area contributed by atoms with E-state index in [9.17, 15) is 4.79 Å². The number of aliphatic hydroxyl groups excluding tert-OH is 1. The molecule has 0 aliphatic carbocycles. The summed E-state index contributed by atoms with van der Waals surface area (Å²) in [5.74, 6) is -0.156. The molecular formula is C12H13BrN2O2. The molecule has 0 aliphatic rings. The minimum absolute atomic E-state index is 0.156. The molecule has 0 aliphatic heterocycles. The zero-order valence-electron chi connectivity index (χ0n) is 9.40. The summed E-state index contributed by atoms with van der Waals surface area (Å²) in [6.07, 6.45) is 0.217. The third-order valence-electron chi connectivity index (χ3n) is 2.16. The Balaban J connectivity index is 2.63. The van der Waals surface area contributed by atoms with E-state index < -0.39 is 6.10 Å². The lowest BCUT2D eigenvalue weighted by Gasteiger charge is -2.08. The summed E-state index contributed by atoms with van der Waals surface area (Å²) < 4.78 is 0.668. The molecule has 2 N–H and O–H groups in total. The van der Waals surface area contributed by atoms with Crippen LogP contribution >= 0.6 is 15.9 Å². The number of aliphatic hydroxyl groups is 1. The van der Waals surface area contributed by atoms with Gasteiger partial charge in [0.1, 0.15) is 0 Å². The van der Waals surface area contributed by atoms with Crippen LogP contribution in [0.3, 0.4) is 0 Å². The molecule has 90 valence electrons. The maximum Gasteiger partial charge on any atom is 0.224 e. The third-order valence-corrected chi connectivity index (χ3v) is 2.82. The van der Waals surface area contributed by atoms with E-state index in [1.54, 1.807) is 25.1 Å². The van der Waals surface area contributed by atoms with Crippen molar-refractivity contribution < 1.29 is 9.90 Å². The fraction of sp³-hybridized carbons (Fsp3) is 0.333. The maximum atomic E-state index is 11.5. The molecule has 17 heavy (non-hydrogen) atoms. The van der Waals surface area contributed by atoms with E-state index in [-0.39, 0.29) is 12.3 Å². The van der Waals surface area contributed by atoms with Crippen LogP contribution in [0, 0.1) is 11.3 Å². The number of anilines is 1. The van der Waals surface area contributed by atoms with E-state index in [4.69, 9.17) is 10.4 Å².